The minimum absolute atomic E-state index is 0.0671. The minimum Gasteiger partial charge on any atom is -0.493 e. The molecule has 0 saturated carbocycles. The van der Waals surface area contributed by atoms with Crippen LogP contribution < -0.4 is 15.8 Å². The van der Waals surface area contributed by atoms with Crippen LogP contribution in [0.4, 0.5) is 10.2 Å². The summed E-state index contributed by atoms with van der Waals surface area (Å²) in [7, 11) is 1.32. The molecule has 1 aliphatic rings. The van der Waals surface area contributed by atoms with Gasteiger partial charge in [0.15, 0.2) is 17.2 Å². The number of carbonyl (C=O) groups excluding carboxylic acids is 2. The first-order chi connectivity index (χ1) is 18.9. The van der Waals surface area contributed by atoms with Crippen molar-refractivity contribution in [3.63, 3.8) is 0 Å². The van der Waals surface area contributed by atoms with Crippen LogP contribution in [0.5, 0.6) is 5.75 Å². The number of halogens is 1. The predicted octanol–water partition coefficient (Wildman–Crippen LogP) is 3.50. The first-order valence-corrected chi connectivity index (χ1v) is 12.5. The van der Waals surface area contributed by atoms with Gasteiger partial charge in [-0.25, -0.2) is 19.0 Å². The smallest absolute Gasteiger partial charge is 0.255 e. The fraction of sp³-hybridized carbons (Fsp3) is 0.250. The van der Waals surface area contributed by atoms with E-state index in [-0.39, 0.29) is 29.8 Å². The van der Waals surface area contributed by atoms with Gasteiger partial charge in [0.05, 0.1) is 24.1 Å². The van der Waals surface area contributed by atoms with Crippen LogP contribution >= 0.6 is 0 Å². The lowest BCUT2D eigenvalue weighted by Gasteiger charge is -2.32. The molecule has 1 unspecified atom stereocenters. The third kappa shape index (κ3) is 5.02. The Hall–Kier alpha value is -4.80. The Morgan fingerprint density at radius 3 is 2.77 bits per heavy atom. The van der Waals surface area contributed by atoms with Gasteiger partial charge in [-0.2, -0.15) is 5.10 Å². The number of rotatable bonds is 7. The third-order valence-electron chi connectivity index (χ3n) is 6.84. The minimum atomic E-state index is -0.599. The molecule has 0 spiro atoms. The van der Waals surface area contributed by atoms with Crippen molar-refractivity contribution in [1.82, 2.24) is 30.0 Å². The second kappa shape index (κ2) is 10.9. The van der Waals surface area contributed by atoms with Crippen molar-refractivity contribution in [1.29, 1.82) is 0 Å². The van der Waals surface area contributed by atoms with Crippen molar-refractivity contribution in [2.24, 2.45) is 0 Å². The number of anilines is 1. The standard InChI is InChI=1S/C28H28FN7O3/c1-3-22(37)35-13-5-6-19(15-35)36-27-23(26(30)32-16-33-27)24(34-36)18-11-9-17(10-12-18)14-31-28(38)20-7-4-8-21(29)25(20)39-2/h3-4,7-12,16,19H,1,5-6,13-15H2,2H3,(H,31,38)(H2,30,32,33). The van der Waals surface area contributed by atoms with E-state index in [2.05, 4.69) is 21.9 Å². The fourth-order valence-corrected chi connectivity index (χ4v) is 4.89. The molecule has 2 aromatic heterocycles. The number of nitrogens with two attached hydrogens (primary N) is 1. The van der Waals surface area contributed by atoms with E-state index in [1.165, 1.54) is 37.7 Å². The van der Waals surface area contributed by atoms with Gasteiger partial charge in [0.1, 0.15) is 17.8 Å². The van der Waals surface area contributed by atoms with E-state index in [1.807, 2.05) is 28.9 Å². The van der Waals surface area contributed by atoms with Crippen molar-refractivity contribution in [2.45, 2.75) is 25.4 Å². The number of benzene rings is 2. The zero-order valence-corrected chi connectivity index (χ0v) is 21.4. The average Bonchev–Trinajstić information content (AvgIpc) is 3.36. The number of para-hydroxylation sites is 1. The van der Waals surface area contributed by atoms with E-state index in [0.29, 0.717) is 35.6 Å². The molecule has 0 radical (unpaired) electrons. The van der Waals surface area contributed by atoms with Crippen LogP contribution in [0, 0.1) is 5.82 Å². The molecule has 200 valence electrons. The van der Waals surface area contributed by atoms with Crippen molar-refractivity contribution >= 4 is 28.7 Å². The number of likely N-dealkylation sites (tertiary alicyclic amines) is 1. The number of nitrogen functional groups attached to an aromatic ring is 1. The molecule has 3 heterocycles. The Labute approximate surface area is 224 Å². The molecule has 1 saturated heterocycles. The van der Waals surface area contributed by atoms with Gasteiger partial charge in [-0.1, -0.05) is 36.9 Å². The molecule has 3 N–H and O–H groups in total. The number of hydrogen-bond donors (Lipinski definition) is 2. The molecule has 4 aromatic rings. The van der Waals surface area contributed by atoms with Gasteiger partial charge in [-0.05, 0) is 36.6 Å². The highest BCUT2D eigenvalue weighted by Crippen LogP contribution is 2.34. The highest BCUT2D eigenvalue weighted by molar-refractivity contribution is 5.98. The highest BCUT2D eigenvalue weighted by atomic mass is 19.1. The van der Waals surface area contributed by atoms with Crippen molar-refractivity contribution < 1.29 is 18.7 Å². The lowest BCUT2D eigenvalue weighted by Crippen LogP contribution is -2.40. The maximum atomic E-state index is 14.0. The first-order valence-electron chi connectivity index (χ1n) is 12.5. The average molecular weight is 530 g/mol. The van der Waals surface area contributed by atoms with E-state index in [9.17, 15) is 14.0 Å². The number of methoxy groups -OCH3 is 1. The van der Waals surface area contributed by atoms with Crippen molar-refractivity contribution in [2.75, 3.05) is 25.9 Å². The predicted molar refractivity (Wildman–Crippen MR) is 144 cm³/mol. The van der Waals surface area contributed by atoms with Gasteiger partial charge in [0, 0.05) is 25.2 Å². The zero-order valence-electron chi connectivity index (χ0n) is 21.4. The van der Waals surface area contributed by atoms with Crippen LogP contribution in [0.15, 0.2) is 61.4 Å². The van der Waals surface area contributed by atoms with Crippen LogP contribution in [0.1, 0.15) is 34.8 Å². The maximum Gasteiger partial charge on any atom is 0.255 e. The molecule has 0 bridgehead atoms. The number of aromatic nitrogens is 4. The first kappa shape index (κ1) is 25.8. The van der Waals surface area contributed by atoms with Crippen LogP contribution in [0.3, 0.4) is 0 Å². The number of nitrogens with zero attached hydrogens (tertiary/aromatic N) is 5. The van der Waals surface area contributed by atoms with E-state index in [1.54, 1.807) is 4.90 Å². The molecule has 2 aromatic carbocycles. The summed E-state index contributed by atoms with van der Waals surface area (Å²) in [6.07, 6.45) is 4.42. The normalized spacial score (nSPS) is 15.2. The Bertz CT molecular complexity index is 1550. The zero-order chi connectivity index (χ0) is 27.5. The lowest BCUT2D eigenvalue weighted by atomic mass is 10.1. The number of amides is 2. The molecule has 2 amide bonds. The summed E-state index contributed by atoms with van der Waals surface area (Å²) in [5, 5.41) is 8.32. The van der Waals surface area contributed by atoms with E-state index in [4.69, 9.17) is 15.6 Å². The summed E-state index contributed by atoms with van der Waals surface area (Å²) in [4.78, 5) is 35.3. The molecular weight excluding hydrogens is 501 g/mol. The molecule has 1 atom stereocenters. The largest absolute Gasteiger partial charge is 0.493 e. The van der Waals surface area contributed by atoms with Gasteiger partial charge < -0.3 is 20.7 Å². The molecule has 5 rings (SSSR count). The van der Waals surface area contributed by atoms with Gasteiger partial charge in [0.2, 0.25) is 5.91 Å². The second-order valence-electron chi connectivity index (χ2n) is 9.24. The van der Waals surface area contributed by atoms with Gasteiger partial charge in [-0.3, -0.25) is 9.59 Å². The Balaban J connectivity index is 1.39. The molecular formula is C28H28FN7O3. The summed E-state index contributed by atoms with van der Waals surface area (Å²) in [5.41, 5.74) is 9.27. The number of hydrogen-bond acceptors (Lipinski definition) is 7. The van der Waals surface area contributed by atoms with E-state index < -0.39 is 11.7 Å². The third-order valence-corrected chi connectivity index (χ3v) is 6.84. The summed E-state index contributed by atoms with van der Waals surface area (Å²) in [5.74, 6) is -0.928. The molecule has 39 heavy (non-hydrogen) atoms. The van der Waals surface area contributed by atoms with Crippen LogP contribution in [-0.2, 0) is 11.3 Å². The van der Waals surface area contributed by atoms with Crippen molar-refractivity contribution in [3.8, 4) is 17.0 Å². The summed E-state index contributed by atoms with van der Waals surface area (Å²) < 4.78 is 20.8. The Morgan fingerprint density at radius 1 is 1.23 bits per heavy atom. The topological polar surface area (TPSA) is 128 Å². The van der Waals surface area contributed by atoms with Gasteiger partial charge >= 0.3 is 0 Å². The Morgan fingerprint density at radius 2 is 2.03 bits per heavy atom. The summed E-state index contributed by atoms with van der Waals surface area (Å²) >= 11 is 0. The number of carbonyl (C=O) groups is 2. The molecule has 1 aliphatic heterocycles. The fourth-order valence-electron chi connectivity index (χ4n) is 4.89. The van der Waals surface area contributed by atoms with E-state index >= 15 is 0 Å². The van der Waals surface area contributed by atoms with E-state index in [0.717, 1.165) is 24.0 Å². The molecule has 1 fully saturated rings. The highest BCUT2D eigenvalue weighted by Gasteiger charge is 2.28. The van der Waals surface area contributed by atoms with Gasteiger partial charge in [0.25, 0.3) is 5.91 Å². The second-order valence-corrected chi connectivity index (χ2v) is 9.24. The molecule has 10 nitrogen and oxygen atoms in total. The van der Waals surface area contributed by atoms with Crippen LogP contribution in [-0.4, -0.2) is 56.7 Å². The monoisotopic (exact) mass is 529 g/mol. The van der Waals surface area contributed by atoms with Gasteiger partial charge in [-0.15, -0.1) is 0 Å². The number of piperidine rings is 1. The quantitative estimate of drug-likeness (QED) is 0.351. The number of fused-ring (bicyclic) bond motifs is 1. The lowest BCUT2D eigenvalue weighted by molar-refractivity contribution is -0.127. The SMILES string of the molecule is C=CC(=O)N1CCCC(n2nc(-c3ccc(CNC(=O)c4cccc(F)c4OC)cc3)c3c(N)ncnc32)C1. The number of nitrogens with one attached hydrogen (secondary N) is 1. The van der Waals surface area contributed by atoms with Crippen LogP contribution in [0.25, 0.3) is 22.3 Å². The maximum absolute atomic E-state index is 14.0. The van der Waals surface area contributed by atoms with Crippen molar-refractivity contribution in [3.05, 3.63) is 78.4 Å². The Kier molecular flexibility index (Phi) is 7.22. The number of ether oxygens (including phenoxy) is 1. The summed E-state index contributed by atoms with van der Waals surface area (Å²) in [6, 6.07) is 11.7. The molecule has 11 heteroatoms. The van der Waals surface area contributed by atoms with Crippen LogP contribution in [0.2, 0.25) is 0 Å². The summed E-state index contributed by atoms with van der Waals surface area (Å²) in [6.45, 7) is 5.01. The molecule has 0 aliphatic carbocycles.